The molecule has 2 rings (SSSR count). The van der Waals surface area contributed by atoms with Gasteiger partial charge in [0.2, 0.25) is 0 Å². The highest BCUT2D eigenvalue weighted by molar-refractivity contribution is 6.69. The van der Waals surface area contributed by atoms with Crippen molar-refractivity contribution in [1.82, 2.24) is 0 Å². The summed E-state index contributed by atoms with van der Waals surface area (Å²) in [6.45, 7) is 15.4. The average Bonchev–Trinajstić information content (AvgIpc) is 2.95. The van der Waals surface area contributed by atoms with Crippen LogP contribution in [0.5, 0.6) is 0 Å². The van der Waals surface area contributed by atoms with Gasteiger partial charge >= 0.3 is 0 Å². The second-order valence-corrected chi connectivity index (χ2v) is 15.0. The Bertz CT molecular complexity index is 511. The minimum atomic E-state index is -1.66. The summed E-state index contributed by atoms with van der Waals surface area (Å²) in [5, 5.41) is 0. The molecule has 0 aromatic heterocycles. The molecule has 0 amide bonds. The maximum Gasteiger partial charge on any atom is 0.184 e. The quantitative estimate of drug-likeness (QED) is 0.393. The number of hydrogen-bond acceptors (Lipinski definition) is 2. The van der Waals surface area contributed by atoms with E-state index in [1.54, 1.807) is 0 Å². The lowest BCUT2D eigenvalue weighted by atomic mass is 9.61. The fraction of sp³-hybridized carbons (Fsp3) is 0.957. The first-order chi connectivity index (χ1) is 12.5. The molecule has 0 unspecified atom stereocenters. The van der Waals surface area contributed by atoms with Crippen LogP contribution in [0.3, 0.4) is 0 Å². The van der Waals surface area contributed by atoms with Gasteiger partial charge in [0.1, 0.15) is 12.0 Å². The molecule has 0 spiro atoms. The molecule has 2 aliphatic carbocycles. The van der Waals surface area contributed by atoms with Crippen molar-refractivity contribution in [3.05, 3.63) is 0 Å². The van der Waals surface area contributed by atoms with E-state index >= 15 is 4.39 Å². The van der Waals surface area contributed by atoms with Gasteiger partial charge in [-0.1, -0.05) is 27.7 Å². The number of halogens is 1. The molecular formula is C23H43FO2Si. The topological polar surface area (TPSA) is 26.3 Å². The van der Waals surface area contributed by atoms with Crippen molar-refractivity contribution in [1.29, 1.82) is 0 Å². The van der Waals surface area contributed by atoms with Crippen molar-refractivity contribution in [3.63, 3.8) is 0 Å². The van der Waals surface area contributed by atoms with E-state index in [1.807, 2.05) is 0 Å². The van der Waals surface area contributed by atoms with Gasteiger partial charge in [0.25, 0.3) is 0 Å². The monoisotopic (exact) mass is 398 g/mol. The van der Waals surface area contributed by atoms with Crippen LogP contribution in [0, 0.1) is 23.2 Å². The van der Waals surface area contributed by atoms with Crippen molar-refractivity contribution < 1.29 is 13.6 Å². The number of ketones is 1. The lowest BCUT2D eigenvalue weighted by Gasteiger charge is -2.43. The summed E-state index contributed by atoms with van der Waals surface area (Å²) >= 11 is 0. The van der Waals surface area contributed by atoms with Crippen molar-refractivity contribution in [2.45, 2.75) is 117 Å². The molecule has 0 aromatic carbocycles. The van der Waals surface area contributed by atoms with Gasteiger partial charge in [-0.25, -0.2) is 4.39 Å². The maximum absolute atomic E-state index is 15.4. The van der Waals surface area contributed by atoms with Crippen molar-refractivity contribution in [2.75, 3.05) is 0 Å². The molecule has 158 valence electrons. The molecule has 0 radical (unpaired) electrons. The molecule has 2 saturated carbocycles. The molecule has 2 aliphatic rings. The Morgan fingerprint density at radius 2 is 1.89 bits per heavy atom. The molecule has 27 heavy (non-hydrogen) atoms. The minimum Gasteiger partial charge on any atom is -0.412 e. The van der Waals surface area contributed by atoms with Crippen LogP contribution in [0.2, 0.25) is 19.6 Å². The van der Waals surface area contributed by atoms with Crippen LogP contribution < -0.4 is 0 Å². The second kappa shape index (κ2) is 8.65. The predicted molar refractivity (Wildman–Crippen MR) is 114 cm³/mol. The van der Waals surface area contributed by atoms with E-state index in [-0.39, 0.29) is 22.9 Å². The van der Waals surface area contributed by atoms with Crippen molar-refractivity contribution in [2.24, 2.45) is 23.2 Å². The fourth-order valence-electron chi connectivity index (χ4n) is 6.20. The third-order valence-corrected chi connectivity index (χ3v) is 8.87. The van der Waals surface area contributed by atoms with E-state index in [1.165, 1.54) is 0 Å². The number of rotatable bonds is 9. The molecule has 4 heteroatoms. The van der Waals surface area contributed by atoms with E-state index in [0.717, 1.165) is 51.4 Å². The Morgan fingerprint density at radius 1 is 1.26 bits per heavy atom. The smallest absolute Gasteiger partial charge is 0.184 e. The Balaban J connectivity index is 2.02. The lowest BCUT2D eigenvalue weighted by Crippen LogP contribution is -2.43. The van der Waals surface area contributed by atoms with Crippen LogP contribution >= 0.6 is 0 Å². The number of alkyl halides is 1. The van der Waals surface area contributed by atoms with Gasteiger partial charge in [-0.15, -0.1) is 0 Å². The second-order valence-electron chi connectivity index (χ2n) is 10.6. The summed E-state index contributed by atoms with van der Waals surface area (Å²) in [4.78, 5) is 12.4. The van der Waals surface area contributed by atoms with Gasteiger partial charge < -0.3 is 4.43 Å². The van der Waals surface area contributed by atoms with Crippen molar-refractivity contribution >= 4 is 14.1 Å². The van der Waals surface area contributed by atoms with Crippen LogP contribution in [-0.2, 0) is 9.22 Å². The number of Topliss-reactive ketones (excluding diaryl/α,β-unsaturated/α-hetero) is 1. The molecule has 0 aromatic rings. The third-order valence-electron chi connectivity index (χ3n) is 7.83. The zero-order valence-corrected chi connectivity index (χ0v) is 19.9. The zero-order chi connectivity index (χ0) is 20.5. The average molecular weight is 399 g/mol. The molecule has 2 nitrogen and oxygen atoms in total. The Hall–Kier alpha value is -0.223. The van der Waals surface area contributed by atoms with E-state index in [2.05, 4.69) is 47.3 Å². The third kappa shape index (κ3) is 5.04. The first-order valence-electron chi connectivity index (χ1n) is 11.3. The van der Waals surface area contributed by atoms with Gasteiger partial charge in [0.15, 0.2) is 8.32 Å². The highest BCUT2D eigenvalue weighted by Gasteiger charge is 2.53. The normalized spacial score (nSPS) is 31.6. The first-order valence-corrected chi connectivity index (χ1v) is 14.8. The number of carbonyl (C=O) groups is 1. The fourth-order valence-corrected chi connectivity index (χ4v) is 7.89. The molecule has 0 N–H and O–H groups in total. The molecule has 0 heterocycles. The van der Waals surface area contributed by atoms with Crippen LogP contribution in [0.25, 0.3) is 0 Å². The van der Waals surface area contributed by atoms with E-state index in [0.29, 0.717) is 18.1 Å². The van der Waals surface area contributed by atoms with Crippen LogP contribution in [-0.4, -0.2) is 25.9 Å². The van der Waals surface area contributed by atoms with E-state index in [4.69, 9.17) is 4.43 Å². The highest BCUT2D eigenvalue weighted by atomic mass is 28.4. The minimum absolute atomic E-state index is 0.0283. The Morgan fingerprint density at radius 3 is 2.44 bits per heavy atom. The molecule has 5 atom stereocenters. The maximum atomic E-state index is 15.4. The summed E-state index contributed by atoms with van der Waals surface area (Å²) in [6.07, 6.45) is 7.31. The largest absolute Gasteiger partial charge is 0.412 e. The van der Waals surface area contributed by atoms with Crippen LogP contribution in [0.1, 0.15) is 85.5 Å². The highest BCUT2D eigenvalue weighted by Crippen LogP contribution is 2.57. The number of hydrogen-bond donors (Lipinski definition) is 0. The lowest BCUT2D eigenvalue weighted by molar-refractivity contribution is -0.130. The molecule has 2 fully saturated rings. The first kappa shape index (κ1) is 23.1. The predicted octanol–water partition coefficient (Wildman–Crippen LogP) is 6.94. The zero-order valence-electron chi connectivity index (χ0n) is 18.9. The van der Waals surface area contributed by atoms with Gasteiger partial charge in [0.05, 0.1) is 5.60 Å². The van der Waals surface area contributed by atoms with Gasteiger partial charge in [-0.3, -0.25) is 4.79 Å². The van der Waals surface area contributed by atoms with Crippen LogP contribution in [0.4, 0.5) is 4.39 Å². The summed E-state index contributed by atoms with van der Waals surface area (Å²) in [5.74, 6) is 1.00. The Labute approximate surface area is 168 Å². The standard InChI is InChI=1S/C23H43FO2Si/c1-8-23(9-2,26-27(5,6)7)16-14-20(24)17(3)18-12-13-19-21(25)11-10-15-22(18,19)4/h17-20H,8-16H2,1-7H3/t17-,18+,19-,20-,22+/m0/s1. The van der Waals surface area contributed by atoms with Crippen LogP contribution in [0.15, 0.2) is 0 Å². The summed E-state index contributed by atoms with van der Waals surface area (Å²) < 4.78 is 21.9. The molecular weight excluding hydrogens is 355 g/mol. The summed E-state index contributed by atoms with van der Waals surface area (Å²) in [7, 11) is -1.66. The summed E-state index contributed by atoms with van der Waals surface area (Å²) in [6, 6.07) is 0. The SMILES string of the molecule is CCC(CC)(CC[C@H](F)[C@@H](C)[C@H]1CC[C@H]2C(=O)CCC[C@]12C)O[Si](C)(C)C. The van der Waals surface area contributed by atoms with Gasteiger partial charge in [-0.2, -0.15) is 0 Å². The number of carbonyl (C=O) groups excluding carboxylic acids is 1. The number of fused-ring (bicyclic) bond motifs is 1. The Kier molecular flexibility index (Phi) is 7.39. The van der Waals surface area contributed by atoms with E-state index < -0.39 is 14.5 Å². The summed E-state index contributed by atoms with van der Waals surface area (Å²) in [5.41, 5.74) is -0.141. The van der Waals surface area contributed by atoms with E-state index in [9.17, 15) is 4.79 Å². The molecule has 0 saturated heterocycles. The van der Waals surface area contributed by atoms with Gasteiger partial charge in [-0.05, 0) is 88.3 Å². The van der Waals surface area contributed by atoms with Crippen molar-refractivity contribution in [3.8, 4) is 0 Å². The molecule has 0 aliphatic heterocycles. The molecule has 0 bridgehead atoms. The van der Waals surface area contributed by atoms with Gasteiger partial charge in [0, 0.05) is 12.3 Å².